The van der Waals surface area contributed by atoms with Crippen LogP contribution in [0.3, 0.4) is 0 Å². The molecule has 1 aliphatic heterocycles. The van der Waals surface area contributed by atoms with Gasteiger partial charge in [0.1, 0.15) is 11.6 Å². The van der Waals surface area contributed by atoms with Gasteiger partial charge in [0.05, 0.1) is 6.54 Å². The van der Waals surface area contributed by atoms with Crippen LogP contribution >= 0.6 is 0 Å². The maximum atomic E-state index is 13.8. The Hall–Kier alpha value is -2.36. The lowest BCUT2D eigenvalue weighted by Crippen LogP contribution is -2.51. The number of carbonyl (C=O) groups excluding carboxylic acids is 1. The van der Waals surface area contributed by atoms with Crippen molar-refractivity contribution in [3.05, 3.63) is 65.7 Å². The van der Waals surface area contributed by atoms with Crippen molar-refractivity contribution >= 4 is 21.8 Å². The smallest absolute Gasteiger partial charge is 0.282 e. The zero-order valence-corrected chi connectivity index (χ0v) is 15.3. The second kappa shape index (κ2) is 8.12. The Bertz CT molecular complexity index is 920. The molecule has 1 N–H and O–H groups in total. The van der Waals surface area contributed by atoms with Gasteiger partial charge in [-0.1, -0.05) is 18.2 Å². The van der Waals surface area contributed by atoms with Gasteiger partial charge in [0.2, 0.25) is 5.91 Å². The number of carbonyl (C=O) groups is 1. The summed E-state index contributed by atoms with van der Waals surface area (Å²) in [6, 6.07) is 11.2. The fraction of sp³-hybridized carbons (Fsp3) is 0.278. The number of amides is 1. The van der Waals surface area contributed by atoms with Crippen LogP contribution < -0.4 is 5.32 Å². The van der Waals surface area contributed by atoms with Crippen LogP contribution in [0.1, 0.15) is 12.0 Å². The van der Waals surface area contributed by atoms with Crippen molar-refractivity contribution in [1.29, 1.82) is 0 Å². The van der Waals surface area contributed by atoms with E-state index in [-0.39, 0.29) is 31.7 Å². The number of nitrogens with zero attached hydrogens (tertiary/aromatic N) is 2. The largest absolute Gasteiger partial charge is 0.325 e. The summed E-state index contributed by atoms with van der Waals surface area (Å²) in [6.45, 7) is -0.00172. The van der Waals surface area contributed by atoms with Gasteiger partial charge in [-0.25, -0.2) is 8.78 Å². The molecule has 9 heteroatoms. The molecule has 1 heterocycles. The summed E-state index contributed by atoms with van der Waals surface area (Å²) in [5, 5.41) is 2.54. The first kappa shape index (κ1) is 19.4. The molecule has 1 saturated heterocycles. The van der Waals surface area contributed by atoms with Gasteiger partial charge in [-0.05, 0) is 36.8 Å². The Morgan fingerprint density at radius 1 is 1.00 bits per heavy atom. The average molecular weight is 395 g/mol. The molecule has 0 radical (unpaired) electrons. The van der Waals surface area contributed by atoms with Crippen molar-refractivity contribution in [2.75, 3.05) is 25.0 Å². The number of halogens is 2. The third-order valence-electron chi connectivity index (χ3n) is 4.22. The van der Waals surface area contributed by atoms with E-state index in [0.717, 1.165) is 4.31 Å². The topological polar surface area (TPSA) is 69.7 Å². The summed E-state index contributed by atoms with van der Waals surface area (Å²) in [5.41, 5.74) is 0.651. The monoisotopic (exact) mass is 395 g/mol. The third-order valence-corrected chi connectivity index (χ3v) is 6.15. The Morgan fingerprint density at radius 3 is 2.37 bits per heavy atom. The zero-order valence-electron chi connectivity index (χ0n) is 14.4. The van der Waals surface area contributed by atoms with Crippen LogP contribution in [0.5, 0.6) is 0 Å². The number of anilines is 1. The van der Waals surface area contributed by atoms with Gasteiger partial charge in [0.15, 0.2) is 0 Å². The first-order valence-electron chi connectivity index (χ1n) is 8.40. The van der Waals surface area contributed by atoms with Gasteiger partial charge >= 0.3 is 0 Å². The second-order valence-electron chi connectivity index (χ2n) is 6.17. The summed E-state index contributed by atoms with van der Waals surface area (Å²) in [7, 11) is -3.89. The molecule has 0 aromatic heterocycles. The molecule has 1 fully saturated rings. The SMILES string of the molecule is O=C(CN1CCCN(Cc2ccccc2F)S1(=O)=O)Nc1ccc(F)cc1. The van der Waals surface area contributed by atoms with E-state index in [1.165, 1.54) is 46.8 Å². The van der Waals surface area contributed by atoms with E-state index in [1.54, 1.807) is 6.07 Å². The molecule has 2 aromatic carbocycles. The summed E-state index contributed by atoms with van der Waals surface area (Å²) in [6.07, 6.45) is 0.525. The van der Waals surface area contributed by atoms with Gasteiger partial charge in [-0.15, -0.1) is 0 Å². The number of rotatable bonds is 5. The molecule has 2 aromatic rings. The van der Waals surface area contributed by atoms with E-state index < -0.39 is 27.8 Å². The van der Waals surface area contributed by atoms with E-state index in [9.17, 15) is 22.0 Å². The molecular weight excluding hydrogens is 376 g/mol. The minimum absolute atomic E-state index is 0.0922. The predicted octanol–water partition coefficient (Wildman–Crippen LogP) is 2.36. The fourth-order valence-electron chi connectivity index (χ4n) is 2.85. The third kappa shape index (κ3) is 4.68. The highest BCUT2D eigenvalue weighted by Crippen LogP contribution is 2.20. The van der Waals surface area contributed by atoms with Gasteiger partial charge in [0.25, 0.3) is 10.2 Å². The number of benzene rings is 2. The summed E-state index contributed by atoms with van der Waals surface area (Å²) in [5.74, 6) is -1.44. The molecule has 0 aliphatic carbocycles. The van der Waals surface area contributed by atoms with Crippen LogP contribution in [0.15, 0.2) is 48.5 Å². The highest BCUT2D eigenvalue weighted by atomic mass is 32.2. The molecule has 0 unspecified atom stereocenters. The number of nitrogens with one attached hydrogen (secondary N) is 1. The van der Waals surface area contributed by atoms with Crippen molar-refractivity contribution in [1.82, 2.24) is 8.61 Å². The normalized spacial score (nSPS) is 17.6. The Kier molecular flexibility index (Phi) is 5.83. The van der Waals surface area contributed by atoms with Gasteiger partial charge in [-0.2, -0.15) is 17.0 Å². The molecule has 27 heavy (non-hydrogen) atoms. The molecular formula is C18H19F2N3O3S. The molecule has 0 saturated carbocycles. The Morgan fingerprint density at radius 2 is 1.67 bits per heavy atom. The Labute approximate surface area is 156 Å². The maximum absolute atomic E-state index is 13.8. The van der Waals surface area contributed by atoms with Crippen molar-refractivity contribution in [2.24, 2.45) is 0 Å². The first-order chi connectivity index (χ1) is 12.9. The van der Waals surface area contributed by atoms with Crippen molar-refractivity contribution in [3.8, 4) is 0 Å². The van der Waals surface area contributed by atoms with E-state index in [2.05, 4.69) is 5.32 Å². The number of hydrogen-bond donors (Lipinski definition) is 1. The molecule has 3 rings (SSSR count). The lowest BCUT2D eigenvalue weighted by molar-refractivity contribution is -0.116. The van der Waals surface area contributed by atoms with Crippen LogP contribution in [0.2, 0.25) is 0 Å². The minimum atomic E-state index is -3.89. The average Bonchev–Trinajstić information content (AvgIpc) is 2.62. The highest BCUT2D eigenvalue weighted by Gasteiger charge is 2.35. The molecule has 6 nitrogen and oxygen atoms in total. The maximum Gasteiger partial charge on any atom is 0.282 e. The van der Waals surface area contributed by atoms with Crippen LogP contribution in [0.4, 0.5) is 14.5 Å². The molecule has 1 amide bonds. The van der Waals surface area contributed by atoms with E-state index in [1.807, 2.05) is 0 Å². The van der Waals surface area contributed by atoms with Crippen LogP contribution in [0.25, 0.3) is 0 Å². The lowest BCUT2D eigenvalue weighted by atomic mass is 10.2. The lowest BCUT2D eigenvalue weighted by Gasteiger charge is -2.34. The minimum Gasteiger partial charge on any atom is -0.325 e. The van der Waals surface area contributed by atoms with Crippen LogP contribution in [-0.2, 0) is 21.5 Å². The summed E-state index contributed by atoms with van der Waals surface area (Å²) >= 11 is 0. The van der Waals surface area contributed by atoms with E-state index in [0.29, 0.717) is 12.1 Å². The molecule has 0 bridgehead atoms. The van der Waals surface area contributed by atoms with Crippen molar-refractivity contribution < 1.29 is 22.0 Å². The second-order valence-corrected chi connectivity index (χ2v) is 8.10. The van der Waals surface area contributed by atoms with Crippen molar-refractivity contribution in [2.45, 2.75) is 13.0 Å². The Balaban J connectivity index is 1.67. The van der Waals surface area contributed by atoms with E-state index >= 15 is 0 Å². The molecule has 1 aliphatic rings. The van der Waals surface area contributed by atoms with Gasteiger partial charge in [0, 0.05) is 30.9 Å². The quantitative estimate of drug-likeness (QED) is 0.845. The molecule has 144 valence electrons. The molecule has 0 atom stereocenters. The van der Waals surface area contributed by atoms with Gasteiger partial charge < -0.3 is 5.32 Å². The fourth-order valence-corrected chi connectivity index (χ4v) is 4.48. The van der Waals surface area contributed by atoms with E-state index in [4.69, 9.17) is 0 Å². The summed E-state index contributed by atoms with van der Waals surface area (Å²) < 4.78 is 54.5. The first-order valence-corrected chi connectivity index (χ1v) is 9.80. The number of hydrogen-bond acceptors (Lipinski definition) is 3. The van der Waals surface area contributed by atoms with Gasteiger partial charge in [-0.3, -0.25) is 4.79 Å². The van der Waals surface area contributed by atoms with Crippen LogP contribution in [-0.4, -0.2) is 42.6 Å². The zero-order chi connectivity index (χ0) is 19.4. The standard InChI is InChI=1S/C18H19F2N3O3S/c19-15-6-8-16(9-7-15)21-18(24)13-23-11-3-10-22(27(23,25)26)12-14-4-1-2-5-17(14)20/h1-2,4-9H,3,10-13H2,(H,21,24). The van der Waals surface area contributed by atoms with Crippen LogP contribution in [0, 0.1) is 11.6 Å². The summed E-state index contributed by atoms with van der Waals surface area (Å²) in [4.78, 5) is 12.2. The van der Waals surface area contributed by atoms with Crippen molar-refractivity contribution in [3.63, 3.8) is 0 Å². The predicted molar refractivity (Wildman–Crippen MR) is 96.9 cm³/mol. The highest BCUT2D eigenvalue weighted by molar-refractivity contribution is 7.86. The molecule has 0 spiro atoms.